The van der Waals surface area contributed by atoms with Crippen LogP contribution in [0.2, 0.25) is 0 Å². The third-order valence-electron chi connectivity index (χ3n) is 3.19. The smallest absolute Gasteiger partial charge is 0.311 e. The van der Waals surface area contributed by atoms with Gasteiger partial charge in [-0.2, -0.15) is 5.10 Å². The molecule has 0 unspecified atom stereocenters. The molecule has 126 valence electrons. The van der Waals surface area contributed by atoms with Gasteiger partial charge in [-0.3, -0.25) is 9.59 Å². The lowest BCUT2D eigenvalue weighted by molar-refractivity contribution is -0.141. The van der Waals surface area contributed by atoms with Crippen LogP contribution in [0, 0.1) is 0 Å². The van der Waals surface area contributed by atoms with Crippen LogP contribution in [0.4, 0.5) is 0 Å². The first-order chi connectivity index (χ1) is 11.6. The average Bonchev–Trinajstić information content (AvgIpc) is 2.58. The molecule has 6 heteroatoms. The van der Waals surface area contributed by atoms with Gasteiger partial charge in [0.25, 0.3) is 5.91 Å². The monoisotopic (exact) mass is 328 g/mol. The second-order valence-corrected chi connectivity index (χ2v) is 5.13. The molecule has 0 aliphatic carbocycles. The lowest BCUT2D eigenvalue weighted by Crippen LogP contribution is -2.26. The van der Waals surface area contributed by atoms with Crippen molar-refractivity contribution in [3.8, 4) is 5.75 Å². The summed E-state index contributed by atoms with van der Waals surface area (Å²) in [4.78, 5) is 23.1. The highest BCUT2D eigenvalue weighted by molar-refractivity contribution is 5.98. The van der Waals surface area contributed by atoms with Gasteiger partial charge >= 0.3 is 5.97 Å². The summed E-state index contributed by atoms with van der Waals surface area (Å²) in [5.74, 6) is -0.137. The van der Waals surface area contributed by atoms with Crippen molar-refractivity contribution in [3.63, 3.8) is 0 Å². The molecule has 0 aliphatic rings. The molecular formula is C18H20N2O4. The molecule has 0 radical (unpaired) electrons. The third-order valence-corrected chi connectivity index (χ3v) is 3.19. The van der Waals surface area contributed by atoms with E-state index in [-0.39, 0.29) is 19.0 Å². The zero-order valence-corrected chi connectivity index (χ0v) is 13.7. The van der Waals surface area contributed by atoms with Crippen molar-refractivity contribution in [1.82, 2.24) is 5.43 Å². The third kappa shape index (κ3) is 5.08. The fraction of sp³-hybridized carbons (Fsp3) is 0.278. The highest BCUT2D eigenvalue weighted by atomic mass is 16.5. The molecule has 6 nitrogen and oxygen atoms in total. The van der Waals surface area contributed by atoms with Crippen molar-refractivity contribution in [2.24, 2.45) is 5.10 Å². The Balaban J connectivity index is 1.87. The van der Waals surface area contributed by atoms with E-state index in [9.17, 15) is 9.59 Å². The molecule has 0 aromatic heterocycles. The number of rotatable bonds is 7. The standard InChI is InChI=1S/C18H20N2O4/c1-3-23-18(22)11-13(2)19-20-17(21)12-24-16-10-6-8-14-7-4-5-9-15(14)16/h4-10H,3,11-12H2,1-2H3,(H,20,21)/b19-13+. The number of hydrogen-bond donors (Lipinski definition) is 1. The maximum Gasteiger partial charge on any atom is 0.311 e. The van der Waals surface area contributed by atoms with Gasteiger partial charge in [-0.05, 0) is 25.3 Å². The van der Waals surface area contributed by atoms with E-state index in [2.05, 4.69) is 10.5 Å². The number of nitrogens with zero attached hydrogens (tertiary/aromatic N) is 1. The predicted molar refractivity (Wildman–Crippen MR) is 91.9 cm³/mol. The molecule has 0 heterocycles. The van der Waals surface area contributed by atoms with Gasteiger partial charge in [0.05, 0.1) is 13.0 Å². The number of benzene rings is 2. The number of hydrogen-bond acceptors (Lipinski definition) is 5. The van der Waals surface area contributed by atoms with E-state index in [0.717, 1.165) is 10.8 Å². The molecule has 0 atom stereocenters. The van der Waals surface area contributed by atoms with Gasteiger partial charge in [0.2, 0.25) is 0 Å². The number of esters is 1. The van der Waals surface area contributed by atoms with Crippen molar-refractivity contribution < 1.29 is 19.1 Å². The number of amides is 1. The summed E-state index contributed by atoms with van der Waals surface area (Å²) in [6.07, 6.45) is 0.0400. The molecule has 2 aromatic carbocycles. The predicted octanol–water partition coefficient (Wildman–Crippen LogP) is 2.66. The molecule has 0 bridgehead atoms. The normalized spacial score (nSPS) is 11.2. The summed E-state index contributed by atoms with van der Waals surface area (Å²) in [7, 11) is 0. The van der Waals surface area contributed by atoms with E-state index in [1.54, 1.807) is 13.8 Å². The van der Waals surface area contributed by atoms with E-state index >= 15 is 0 Å². The fourth-order valence-corrected chi connectivity index (χ4v) is 2.12. The van der Waals surface area contributed by atoms with Gasteiger partial charge < -0.3 is 9.47 Å². The van der Waals surface area contributed by atoms with Crippen LogP contribution in [0.15, 0.2) is 47.6 Å². The highest BCUT2D eigenvalue weighted by Gasteiger charge is 2.07. The SMILES string of the molecule is CCOC(=O)C/C(C)=N/NC(=O)COc1cccc2ccccc12. The van der Waals surface area contributed by atoms with Gasteiger partial charge in [-0.15, -0.1) is 0 Å². The number of nitrogens with one attached hydrogen (secondary N) is 1. The van der Waals surface area contributed by atoms with Crippen molar-refractivity contribution in [2.75, 3.05) is 13.2 Å². The maximum absolute atomic E-state index is 11.8. The van der Waals surface area contributed by atoms with Crippen LogP contribution in [0.1, 0.15) is 20.3 Å². The Labute approximate surface area is 140 Å². The molecule has 0 saturated heterocycles. The van der Waals surface area contributed by atoms with Crippen LogP contribution in [-0.4, -0.2) is 30.8 Å². The Morgan fingerprint density at radius 3 is 2.67 bits per heavy atom. The van der Waals surface area contributed by atoms with Gasteiger partial charge in [-0.25, -0.2) is 5.43 Å². The first-order valence-corrected chi connectivity index (χ1v) is 7.68. The highest BCUT2D eigenvalue weighted by Crippen LogP contribution is 2.24. The van der Waals surface area contributed by atoms with Crippen LogP contribution in [-0.2, 0) is 14.3 Å². The Bertz CT molecular complexity index is 750. The quantitative estimate of drug-likeness (QED) is 0.481. The Morgan fingerprint density at radius 2 is 1.88 bits per heavy atom. The largest absolute Gasteiger partial charge is 0.483 e. The average molecular weight is 328 g/mol. The van der Waals surface area contributed by atoms with Crippen molar-refractivity contribution in [3.05, 3.63) is 42.5 Å². The fourth-order valence-electron chi connectivity index (χ4n) is 2.12. The molecule has 24 heavy (non-hydrogen) atoms. The lowest BCUT2D eigenvalue weighted by Gasteiger charge is -2.08. The molecule has 2 aromatic rings. The minimum absolute atomic E-state index is 0.0400. The molecule has 1 amide bonds. The van der Waals surface area contributed by atoms with E-state index < -0.39 is 5.91 Å². The first-order valence-electron chi connectivity index (χ1n) is 7.68. The zero-order valence-electron chi connectivity index (χ0n) is 13.7. The van der Waals surface area contributed by atoms with Crippen LogP contribution >= 0.6 is 0 Å². The van der Waals surface area contributed by atoms with Crippen LogP contribution in [0.3, 0.4) is 0 Å². The van der Waals surface area contributed by atoms with Crippen LogP contribution in [0.5, 0.6) is 5.75 Å². The van der Waals surface area contributed by atoms with Crippen molar-refractivity contribution in [2.45, 2.75) is 20.3 Å². The summed E-state index contributed by atoms with van der Waals surface area (Å²) in [6.45, 7) is 3.53. The number of carbonyl (C=O) groups excluding carboxylic acids is 2. The van der Waals surface area contributed by atoms with Crippen molar-refractivity contribution >= 4 is 28.4 Å². The summed E-state index contributed by atoms with van der Waals surface area (Å²) in [6, 6.07) is 13.4. The molecule has 2 rings (SSSR count). The minimum Gasteiger partial charge on any atom is -0.483 e. The minimum atomic E-state index is -0.397. The van der Waals surface area contributed by atoms with E-state index in [1.165, 1.54) is 0 Å². The van der Waals surface area contributed by atoms with Gasteiger partial charge in [0.1, 0.15) is 5.75 Å². The first kappa shape index (κ1) is 17.5. The Kier molecular flexibility index (Phi) is 6.31. The number of carbonyl (C=O) groups is 2. The lowest BCUT2D eigenvalue weighted by atomic mass is 10.1. The topological polar surface area (TPSA) is 77.0 Å². The molecule has 0 aliphatic heterocycles. The Morgan fingerprint density at radius 1 is 1.12 bits per heavy atom. The number of hydrazone groups is 1. The summed E-state index contributed by atoms with van der Waals surface area (Å²) in [5, 5.41) is 5.84. The summed E-state index contributed by atoms with van der Waals surface area (Å²) >= 11 is 0. The summed E-state index contributed by atoms with van der Waals surface area (Å²) < 4.78 is 10.4. The molecule has 1 N–H and O–H groups in total. The van der Waals surface area contributed by atoms with Gasteiger partial charge in [0, 0.05) is 11.1 Å². The molecular weight excluding hydrogens is 308 g/mol. The molecule has 0 fully saturated rings. The maximum atomic E-state index is 11.8. The molecule has 0 spiro atoms. The van der Waals surface area contributed by atoms with Gasteiger partial charge in [-0.1, -0.05) is 36.4 Å². The van der Waals surface area contributed by atoms with Crippen molar-refractivity contribution in [1.29, 1.82) is 0 Å². The molecule has 0 saturated carbocycles. The van der Waals surface area contributed by atoms with E-state index in [0.29, 0.717) is 18.1 Å². The van der Waals surface area contributed by atoms with Crippen LogP contribution in [0.25, 0.3) is 10.8 Å². The Hall–Kier alpha value is -2.89. The zero-order chi connectivity index (χ0) is 17.4. The second-order valence-electron chi connectivity index (χ2n) is 5.13. The van der Waals surface area contributed by atoms with E-state index in [1.807, 2.05) is 42.5 Å². The number of fused-ring (bicyclic) bond motifs is 1. The van der Waals surface area contributed by atoms with E-state index in [4.69, 9.17) is 9.47 Å². The number of ether oxygens (including phenoxy) is 2. The van der Waals surface area contributed by atoms with Gasteiger partial charge in [0.15, 0.2) is 6.61 Å². The van der Waals surface area contributed by atoms with Crippen LogP contribution < -0.4 is 10.2 Å². The second kappa shape index (κ2) is 8.67. The summed E-state index contributed by atoms with van der Waals surface area (Å²) in [5.41, 5.74) is 2.83.